The van der Waals surface area contributed by atoms with Gasteiger partial charge in [0, 0.05) is 38.9 Å². The van der Waals surface area contributed by atoms with E-state index in [4.69, 9.17) is 0 Å². The maximum absolute atomic E-state index is 15.2. The Bertz CT molecular complexity index is 773. The van der Waals surface area contributed by atoms with Gasteiger partial charge in [-0.15, -0.1) is 15.3 Å². The molecule has 0 bridgehead atoms. The average molecular weight is 377 g/mol. The van der Waals surface area contributed by atoms with Crippen LogP contribution < -0.4 is 0 Å². The fourth-order valence-corrected chi connectivity index (χ4v) is 4.36. The van der Waals surface area contributed by atoms with Crippen molar-refractivity contribution in [2.24, 2.45) is 7.05 Å². The first-order valence-electron chi connectivity index (χ1n) is 9.79. The Morgan fingerprint density at radius 1 is 1.11 bits per heavy atom. The number of halogens is 1. The molecule has 1 saturated carbocycles. The van der Waals surface area contributed by atoms with Crippen LogP contribution in [0.5, 0.6) is 0 Å². The third-order valence-corrected chi connectivity index (χ3v) is 6.33. The van der Waals surface area contributed by atoms with Gasteiger partial charge in [-0.05, 0) is 32.7 Å². The molecule has 8 nitrogen and oxygen atoms in total. The number of likely N-dealkylation sites (tertiary alicyclic amines) is 1. The molecule has 0 aromatic carbocycles. The lowest BCUT2D eigenvalue weighted by Crippen LogP contribution is -2.38. The van der Waals surface area contributed by atoms with Crippen LogP contribution in [-0.4, -0.2) is 59.9 Å². The lowest BCUT2D eigenvalue weighted by atomic mass is 9.85. The Morgan fingerprint density at radius 2 is 1.81 bits per heavy atom. The second-order valence-electron chi connectivity index (χ2n) is 8.05. The number of hydrogen-bond donors (Lipinski definition) is 1. The number of hydrogen-bond acceptors (Lipinski definition) is 6. The summed E-state index contributed by atoms with van der Waals surface area (Å²) in [5, 5.41) is 26.0. The first-order valence-corrected chi connectivity index (χ1v) is 9.79. The van der Waals surface area contributed by atoms with Crippen LogP contribution in [0.25, 0.3) is 0 Å². The van der Waals surface area contributed by atoms with E-state index in [0.29, 0.717) is 30.3 Å². The van der Waals surface area contributed by atoms with Gasteiger partial charge in [0.25, 0.3) is 0 Å². The number of nitrogens with zero attached hydrogens (tertiary/aromatic N) is 7. The zero-order chi connectivity index (χ0) is 19.0. The van der Waals surface area contributed by atoms with Crippen molar-refractivity contribution in [1.29, 1.82) is 0 Å². The number of piperidine rings is 1. The normalized spacial score (nSPS) is 26.4. The Morgan fingerprint density at radius 3 is 2.44 bits per heavy atom. The van der Waals surface area contributed by atoms with Crippen LogP contribution in [0.15, 0.2) is 6.20 Å². The van der Waals surface area contributed by atoms with Gasteiger partial charge in [0.15, 0.2) is 11.5 Å². The molecule has 0 radical (unpaired) electrons. The SMILES string of the molecule is CN1CCC(F)(c2cn([C@H]3CC[C@H](c4nnc(CO)n4C)CC3)nn2)CC1. The highest BCUT2D eigenvalue weighted by Gasteiger charge is 2.38. The molecule has 2 fully saturated rings. The molecule has 1 aliphatic heterocycles. The van der Waals surface area contributed by atoms with Crippen molar-refractivity contribution in [2.45, 2.75) is 62.8 Å². The zero-order valence-electron chi connectivity index (χ0n) is 16.1. The molecule has 1 saturated heterocycles. The number of rotatable bonds is 4. The predicted molar refractivity (Wildman–Crippen MR) is 96.7 cm³/mol. The van der Waals surface area contributed by atoms with Gasteiger partial charge in [-0.25, -0.2) is 9.07 Å². The molecule has 0 atom stereocenters. The van der Waals surface area contributed by atoms with Gasteiger partial charge in [-0.3, -0.25) is 0 Å². The fourth-order valence-electron chi connectivity index (χ4n) is 4.36. The Hall–Kier alpha value is -1.87. The highest BCUT2D eigenvalue weighted by molar-refractivity contribution is 5.10. The Balaban J connectivity index is 1.40. The third kappa shape index (κ3) is 3.50. The summed E-state index contributed by atoms with van der Waals surface area (Å²) in [6.45, 7) is 1.41. The molecule has 4 rings (SSSR count). The molecule has 148 valence electrons. The van der Waals surface area contributed by atoms with Crippen molar-refractivity contribution in [1.82, 2.24) is 34.7 Å². The first-order chi connectivity index (χ1) is 13.0. The lowest BCUT2D eigenvalue weighted by molar-refractivity contribution is 0.0632. The van der Waals surface area contributed by atoms with E-state index in [2.05, 4.69) is 25.4 Å². The van der Waals surface area contributed by atoms with Crippen LogP contribution in [0.4, 0.5) is 4.39 Å². The summed E-state index contributed by atoms with van der Waals surface area (Å²) in [5.74, 6) is 1.87. The summed E-state index contributed by atoms with van der Waals surface area (Å²) >= 11 is 0. The number of aromatic nitrogens is 6. The maximum Gasteiger partial charge on any atom is 0.158 e. The molecule has 1 N–H and O–H groups in total. The van der Waals surface area contributed by atoms with Crippen LogP contribution in [0.2, 0.25) is 0 Å². The predicted octanol–water partition coefficient (Wildman–Crippen LogP) is 1.69. The minimum atomic E-state index is -1.35. The number of alkyl halides is 1. The van der Waals surface area contributed by atoms with Gasteiger partial charge in [-0.1, -0.05) is 5.21 Å². The van der Waals surface area contributed by atoms with E-state index in [9.17, 15) is 5.11 Å². The van der Waals surface area contributed by atoms with Crippen molar-refractivity contribution in [3.63, 3.8) is 0 Å². The van der Waals surface area contributed by atoms with E-state index >= 15 is 4.39 Å². The second-order valence-corrected chi connectivity index (χ2v) is 8.05. The molecule has 1 aliphatic carbocycles. The summed E-state index contributed by atoms with van der Waals surface area (Å²) < 4.78 is 19.0. The van der Waals surface area contributed by atoms with Gasteiger partial charge >= 0.3 is 0 Å². The summed E-state index contributed by atoms with van der Waals surface area (Å²) in [5.41, 5.74) is -0.861. The molecule has 2 aromatic heterocycles. The van der Waals surface area contributed by atoms with E-state index in [1.165, 1.54) is 0 Å². The molecule has 2 aliphatic rings. The van der Waals surface area contributed by atoms with Crippen LogP contribution in [0.3, 0.4) is 0 Å². The summed E-state index contributed by atoms with van der Waals surface area (Å²) in [7, 11) is 3.93. The standard InChI is InChI=1S/C18H28FN7O/c1-24-9-7-18(19,8-10-24)15-11-26(23-20-15)14-5-3-13(4-6-14)17-22-21-16(12-27)25(17)2/h11,13-14,27H,3-10,12H2,1-2H3/t13-,14-. The molecule has 27 heavy (non-hydrogen) atoms. The van der Waals surface area contributed by atoms with E-state index in [0.717, 1.165) is 44.6 Å². The minimum absolute atomic E-state index is 0.0959. The number of aliphatic hydroxyl groups is 1. The first kappa shape index (κ1) is 18.5. The highest BCUT2D eigenvalue weighted by atomic mass is 19.1. The van der Waals surface area contributed by atoms with Gasteiger partial charge in [0.2, 0.25) is 0 Å². The Kier molecular flexibility index (Phi) is 4.98. The van der Waals surface area contributed by atoms with Crippen LogP contribution in [0.1, 0.15) is 67.8 Å². The zero-order valence-corrected chi connectivity index (χ0v) is 16.1. The smallest absolute Gasteiger partial charge is 0.158 e. The topological polar surface area (TPSA) is 84.9 Å². The van der Waals surface area contributed by atoms with Gasteiger partial charge in [-0.2, -0.15) is 0 Å². The molecular weight excluding hydrogens is 349 g/mol. The van der Waals surface area contributed by atoms with E-state index in [1.807, 2.05) is 29.5 Å². The van der Waals surface area contributed by atoms with E-state index in [1.54, 1.807) is 0 Å². The largest absolute Gasteiger partial charge is 0.388 e. The van der Waals surface area contributed by atoms with Crippen LogP contribution in [-0.2, 0) is 19.3 Å². The van der Waals surface area contributed by atoms with Gasteiger partial charge in [0.05, 0.1) is 12.2 Å². The molecule has 9 heteroatoms. The maximum atomic E-state index is 15.2. The van der Waals surface area contributed by atoms with Crippen LogP contribution >= 0.6 is 0 Å². The highest BCUT2D eigenvalue weighted by Crippen LogP contribution is 2.39. The molecule has 0 spiro atoms. The summed E-state index contributed by atoms with van der Waals surface area (Å²) in [6.07, 6.45) is 6.64. The average Bonchev–Trinajstić information content (AvgIpc) is 3.32. The van der Waals surface area contributed by atoms with Crippen LogP contribution in [0, 0.1) is 0 Å². The van der Waals surface area contributed by atoms with Gasteiger partial charge in [0.1, 0.15) is 18.1 Å². The second kappa shape index (κ2) is 7.27. The lowest BCUT2D eigenvalue weighted by Gasteiger charge is -2.33. The summed E-state index contributed by atoms with van der Waals surface area (Å²) in [4.78, 5) is 2.15. The van der Waals surface area contributed by atoms with E-state index in [-0.39, 0.29) is 12.6 Å². The molecular formula is C18H28FN7O. The quantitative estimate of drug-likeness (QED) is 0.873. The van der Waals surface area contributed by atoms with E-state index < -0.39 is 5.67 Å². The number of aliphatic hydroxyl groups excluding tert-OH is 1. The minimum Gasteiger partial charge on any atom is -0.388 e. The van der Waals surface area contributed by atoms with Crippen molar-refractivity contribution in [2.75, 3.05) is 20.1 Å². The van der Waals surface area contributed by atoms with Crippen molar-refractivity contribution in [3.05, 3.63) is 23.5 Å². The molecule has 0 amide bonds. The fraction of sp³-hybridized carbons (Fsp3) is 0.778. The third-order valence-electron chi connectivity index (χ3n) is 6.33. The molecule has 0 unspecified atom stereocenters. The van der Waals surface area contributed by atoms with Crippen molar-refractivity contribution < 1.29 is 9.50 Å². The van der Waals surface area contributed by atoms with Crippen molar-refractivity contribution in [3.8, 4) is 0 Å². The van der Waals surface area contributed by atoms with Gasteiger partial charge < -0.3 is 14.6 Å². The van der Waals surface area contributed by atoms with Crippen molar-refractivity contribution >= 4 is 0 Å². The molecule has 2 aromatic rings. The monoisotopic (exact) mass is 377 g/mol. The summed E-state index contributed by atoms with van der Waals surface area (Å²) in [6, 6.07) is 0.253. The Labute approximate surface area is 158 Å². The molecule has 3 heterocycles.